The van der Waals surface area contributed by atoms with Crippen LogP contribution in [0.3, 0.4) is 0 Å². The normalized spacial score (nSPS) is 11.0. The maximum Gasteiger partial charge on any atom is 0.235 e. The SMILES string of the molecule is Brc1ccc(OCc2nn3c(-c4ccccc4)nnc3s2)cc1. The van der Waals surface area contributed by atoms with E-state index < -0.39 is 0 Å². The fourth-order valence-electron chi connectivity index (χ4n) is 2.16. The number of hydrogen-bond acceptors (Lipinski definition) is 5. The molecule has 0 spiro atoms. The largest absolute Gasteiger partial charge is 0.486 e. The standard InChI is InChI=1S/C16H11BrN4OS/c17-12-6-8-13(9-7-12)22-10-14-20-21-15(18-19-16(21)23-14)11-4-2-1-3-5-11/h1-9H,10H2. The smallest absolute Gasteiger partial charge is 0.235 e. The summed E-state index contributed by atoms with van der Waals surface area (Å²) in [5.74, 6) is 1.55. The molecule has 4 rings (SSSR count). The molecule has 0 saturated carbocycles. The third-order valence-corrected chi connectivity index (χ3v) is 4.64. The molecule has 0 amide bonds. The Balaban J connectivity index is 1.57. The van der Waals surface area contributed by atoms with E-state index in [4.69, 9.17) is 4.74 Å². The van der Waals surface area contributed by atoms with Gasteiger partial charge < -0.3 is 4.74 Å². The van der Waals surface area contributed by atoms with Crippen molar-refractivity contribution in [3.63, 3.8) is 0 Å². The first kappa shape index (κ1) is 14.3. The Labute approximate surface area is 144 Å². The lowest BCUT2D eigenvalue weighted by Gasteiger charge is -2.03. The van der Waals surface area contributed by atoms with Crippen molar-refractivity contribution in [3.8, 4) is 17.1 Å². The number of benzene rings is 2. The lowest BCUT2D eigenvalue weighted by Crippen LogP contribution is -1.97. The van der Waals surface area contributed by atoms with Crippen molar-refractivity contribution in [3.05, 3.63) is 64.1 Å². The molecule has 2 aromatic carbocycles. The van der Waals surface area contributed by atoms with Crippen LogP contribution in [0.1, 0.15) is 5.01 Å². The molecule has 0 radical (unpaired) electrons. The monoisotopic (exact) mass is 386 g/mol. The maximum absolute atomic E-state index is 5.76. The molecule has 114 valence electrons. The van der Waals surface area contributed by atoms with Crippen LogP contribution in [-0.2, 0) is 6.61 Å². The van der Waals surface area contributed by atoms with Crippen molar-refractivity contribution >= 4 is 32.2 Å². The Kier molecular flexibility index (Phi) is 3.80. The molecule has 0 fully saturated rings. The molecule has 0 saturated heterocycles. The Bertz CT molecular complexity index is 934. The van der Waals surface area contributed by atoms with Crippen molar-refractivity contribution in [2.45, 2.75) is 6.61 Å². The van der Waals surface area contributed by atoms with Crippen LogP contribution in [0.4, 0.5) is 0 Å². The highest BCUT2D eigenvalue weighted by Crippen LogP contribution is 2.23. The lowest BCUT2D eigenvalue weighted by molar-refractivity contribution is 0.304. The third-order valence-electron chi connectivity index (χ3n) is 3.24. The van der Waals surface area contributed by atoms with E-state index in [1.807, 2.05) is 54.6 Å². The summed E-state index contributed by atoms with van der Waals surface area (Å²) in [6.07, 6.45) is 0. The van der Waals surface area contributed by atoms with Crippen molar-refractivity contribution in [2.75, 3.05) is 0 Å². The van der Waals surface area contributed by atoms with Gasteiger partial charge in [0.15, 0.2) is 10.8 Å². The van der Waals surface area contributed by atoms with Gasteiger partial charge in [-0.05, 0) is 24.3 Å². The van der Waals surface area contributed by atoms with Gasteiger partial charge in [-0.15, -0.1) is 10.2 Å². The van der Waals surface area contributed by atoms with Crippen LogP contribution in [-0.4, -0.2) is 19.8 Å². The molecule has 5 nitrogen and oxygen atoms in total. The molecule has 7 heteroatoms. The molecule has 2 heterocycles. The van der Waals surface area contributed by atoms with Crippen molar-refractivity contribution in [1.29, 1.82) is 0 Å². The van der Waals surface area contributed by atoms with E-state index in [9.17, 15) is 0 Å². The summed E-state index contributed by atoms with van der Waals surface area (Å²) in [5.41, 5.74) is 0.991. The Morgan fingerprint density at radius 3 is 2.57 bits per heavy atom. The number of ether oxygens (including phenoxy) is 1. The van der Waals surface area contributed by atoms with Gasteiger partial charge in [0, 0.05) is 10.0 Å². The van der Waals surface area contributed by atoms with Crippen LogP contribution in [0.2, 0.25) is 0 Å². The zero-order valence-electron chi connectivity index (χ0n) is 11.9. The topological polar surface area (TPSA) is 52.3 Å². The van der Waals surface area contributed by atoms with Gasteiger partial charge in [-0.1, -0.05) is 57.6 Å². The van der Waals surface area contributed by atoms with Crippen molar-refractivity contribution in [1.82, 2.24) is 19.8 Å². The molecule has 4 aromatic rings. The lowest BCUT2D eigenvalue weighted by atomic mass is 10.2. The minimum Gasteiger partial charge on any atom is -0.486 e. The summed E-state index contributed by atoms with van der Waals surface area (Å²) in [6.45, 7) is 0.407. The molecular formula is C16H11BrN4OS. The van der Waals surface area contributed by atoms with Crippen LogP contribution < -0.4 is 4.74 Å². The molecule has 0 aliphatic rings. The van der Waals surface area contributed by atoms with Crippen LogP contribution >= 0.6 is 27.3 Å². The molecule has 0 aliphatic carbocycles. The van der Waals surface area contributed by atoms with Crippen LogP contribution in [0.15, 0.2) is 59.1 Å². The average molecular weight is 387 g/mol. The summed E-state index contributed by atoms with van der Waals surface area (Å²) in [4.78, 5) is 0.762. The van der Waals surface area contributed by atoms with Gasteiger partial charge in [-0.25, -0.2) is 0 Å². The summed E-state index contributed by atoms with van der Waals surface area (Å²) in [5, 5.41) is 13.8. The Morgan fingerprint density at radius 1 is 1.00 bits per heavy atom. The molecule has 0 bridgehead atoms. The van der Waals surface area contributed by atoms with Gasteiger partial charge in [0.25, 0.3) is 0 Å². The molecule has 0 aliphatic heterocycles. The van der Waals surface area contributed by atoms with E-state index >= 15 is 0 Å². The Hall–Kier alpha value is -2.25. The highest BCUT2D eigenvalue weighted by molar-refractivity contribution is 9.10. The first-order chi connectivity index (χ1) is 11.3. The first-order valence-corrected chi connectivity index (χ1v) is 8.55. The predicted molar refractivity (Wildman–Crippen MR) is 92.6 cm³/mol. The van der Waals surface area contributed by atoms with Crippen LogP contribution in [0.5, 0.6) is 5.75 Å². The quantitative estimate of drug-likeness (QED) is 0.527. The highest BCUT2D eigenvalue weighted by Gasteiger charge is 2.13. The van der Waals surface area contributed by atoms with E-state index in [-0.39, 0.29) is 0 Å². The molecular weight excluding hydrogens is 376 g/mol. The minimum absolute atomic E-state index is 0.407. The zero-order chi connectivity index (χ0) is 15.6. The number of fused-ring (bicyclic) bond motifs is 1. The minimum atomic E-state index is 0.407. The molecule has 0 unspecified atom stereocenters. The summed E-state index contributed by atoms with van der Waals surface area (Å²) < 4.78 is 8.55. The highest BCUT2D eigenvalue weighted by atomic mass is 79.9. The zero-order valence-corrected chi connectivity index (χ0v) is 14.3. The fourth-order valence-corrected chi connectivity index (χ4v) is 3.17. The predicted octanol–water partition coefficient (Wildman–Crippen LogP) is 4.19. The molecule has 0 N–H and O–H groups in total. The van der Waals surface area contributed by atoms with E-state index in [0.29, 0.717) is 6.61 Å². The van der Waals surface area contributed by atoms with Crippen LogP contribution in [0, 0.1) is 0 Å². The third kappa shape index (κ3) is 2.97. The molecule has 0 atom stereocenters. The van der Waals surface area contributed by atoms with Gasteiger partial charge in [-0.2, -0.15) is 9.61 Å². The Morgan fingerprint density at radius 2 is 1.78 bits per heavy atom. The van der Waals surface area contributed by atoms with Crippen molar-refractivity contribution in [2.24, 2.45) is 0 Å². The number of nitrogens with zero attached hydrogens (tertiary/aromatic N) is 4. The van der Waals surface area contributed by atoms with Crippen molar-refractivity contribution < 1.29 is 4.74 Å². The average Bonchev–Trinajstić information content (AvgIpc) is 3.15. The van der Waals surface area contributed by atoms with Gasteiger partial charge in [0.2, 0.25) is 4.96 Å². The van der Waals surface area contributed by atoms with Gasteiger partial charge in [0.1, 0.15) is 12.4 Å². The summed E-state index contributed by atoms with van der Waals surface area (Å²) in [7, 11) is 0. The van der Waals surface area contributed by atoms with E-state index in [0.717, 1.165) is 31.6 Å². The van der Waals surface area contributed by atoms with E-state index in [2.05, 4.69) is 31.2 Å². The molecule has 23 heavy (non-hydrogen) atoms. The van der Waals surface area contributed by atoms with E-state index in [1.165, 1.54) is 11.3 Å². The van der Waals surface area contributed by atoms with Gasteiger partial charge in [-0.3, -0.25) is 0 Å². The first-order valence-electron chi connectivity index (χ1n) is 6.94. The van der Waals surface area contributed by atoms with Crippen LogP contribution in [0.25, 0.3) is 16.3 Å². The maximum atomic E-state index is 5.76. The number of hydrogen-bond donors (Lipinski definition) is 0. The fraction of sp³-hybridized carbons (Fsp3) is 0.0625. The number of rotatable bonds is 4. The van der Waals surface area contributed by atoms with Gasteiger partial charge in [0.05, 0.1) is 0 Å². The molecule has 2 aromatic heterocycles. The second-order valence-corrected chi connectivity index (χ2v) is 6.78. The number of aromatic nitrogens is 4. The summed E-state index contributed by atoms with van der Waals surface area (Å²) in [6, 6.07) is 17.6. The van der Waals surface area contributed by atoms with Gasteiger partial charge >= 0.3 is 0 Å². The summed E-state index contributed by atoms with van der Waals surface area (Å²) >= 11 is 4.88. The second kappa shape index (κ2) is 6.10. The van der Waals surface area contributed by atoms with E-state index in [1.54, 1.807) is 4.52 Å². The second-order valence-electron chi connectivity index (χ2n) is 4.82. The number of halogens is 1.